The first kappa shape index (κ1) is 20.3. The Hall–Kier alpha value is -2.06. The van der Waals surface area contributed by atoms with Gasteiger partial charge < -0.3 is 19.7 Å². The lowest BCUT2D eigenvalue weighted by Crippen LogP contribution is -2.48. The second kappa shape index (κ2) is 8.09. The number of ether oxygens (including phenoxy) is 2. The van der Waals surface area contributed by atoms with Crippen LogP contribution in [0.15, 0.2) is 12.1 Å². The molecule has 2 atom stereocenters. The molecular weight excluding hydrogens is 362 g/mol. The van der Waals surface area contributed by atoms with Crippen molar-refractivity contribution in [2.45, 2.75) is 43.8 Å². The standard InChI is InChI=1S/C17H23N3O5.ClH/c1-19(13-8-11-4-5-12(9-13)18-11)17(21)10-6-14(20(22)23)16(25-3)15(7-10)24-2;/h6-7,11-13,18H,4-5,8-9H2,1-3H3;1H. The van der Waals surface area contributed by atoms with E-state index < -0.39 is 4.92 Å². The number of benzene rings is 1. The molecule has 1 N–H and O–H groups in total. The number of hydrogen-bond donors (Lipinski definition) is 1. The first-order chi connectivity index (χ1) is 11.9. The van der Waals surface area contributed by atoms with Gasteiger partial charge in [0, 0.05) is 31.2 Å². The first-order valence-electron chi connectivity index (χ1n) is 8.38. The summed E-state index contributed by atoms with van der Waals surface area (Å²) in [6.45, 7) is 0. The molecule has 1 amide bonds. The smallest absolute Gasteiger partial charge is 0.315 e. The molecule has 2 fully saturated rings. The molecule has 9 heteroatoms. The van der Waals surface area contributed by atoms with Gasteiger partial charge in [-0.3, -0.25) is 14.9 Å². The number of nitro groups is 1. The van der Waals surface area contributed by atoms with Crippen molar-refractivity contribution in [2.75, 3.05) is 21.3 Å². The van der Waals surface area contributed by atoms with Gasteiger partial charge in [0.1, 0.15) is 0 Å². The second-order valence-corrected chi connectivity index (χ2v) is 6.67. The van der Waals surface area contributed by atoms with E-state index in [-0.39, 0.29) is 47.1 Å². The summed E-state index contributed by atoms with van der Waals surface area (Å²) in [5.74, 6) is -0.0409. The van der Waals surface area contributed by atoms with Gasteiger partial charge in [0.05, 0.1) is 24.7 Å². The molecule has 1 aromatic rings. The predicted molar refractivity (Wildman–Crippen MR) is 98.5 cm³/mol. The molecule has 0 aliphatic carbocycles. The lowest BCUT2D eigenvalue weighted by molar-refractivity contribution is -0.385. The molecule has 0 spiro atoms. The van der Waals surface area contributed by atoms with E-state index >= 15 is 0 Å². The third-order valence-corrected chi connectivity index (χ3v) is 5.22. The Bertz CT molecular complexity index is 687. The molecule has 26 heavy (non-hydrogen) atoms. The summed E-state index contributed by atoms with van der Waals surface area (Å²) >= 11 is 0. The van der Waals surface area contributed by atoms with E-state index in [0.29, 0.717) is 12.1 Å². The Morgan fingerprint density at radius 1 is 1.23 bits per heavy atom. The van der Waals surface area contributed by atoms with Crippen molar-refractivity contribution in [1.29, 1.82) is 0 Å². The van der Waals surface area contributed by atoms with Crippen LogP contribution in [-0.2, 0) is 0 Å². The highest BCUT2D eigenvalue weighted by molar-refractivity contribution is 5.96. The fourth-order valence-corrected chi connectivity index (χ4v) is 3.92. The van der Waals surface area contributed by atoms with Crippen molar-refractivity contribution in [2.24, 2.45) is 0 Å². The average Bonchev–Trinajstić information content (AvgIpc) is 2.96. The van der Waals surface area contributed by atoms with Crippen molar-refractivity contribution in [1.82, 2.24) is 10.2 Å². The van der Waals surface area contributed by atoms with E-state index in [2.05, 4.69) is 5.32 Å². The number of amides is 1. The molecule has 0 aromatic heterocycles. The Balaban J connectivity index is 0.00000243. The fraction of sp³-hybridized carbons (Fsp3) is 0.588. The topological polar surface area (TPSA) is 93.9 Å². The van der Waals surface area contributed by atoms with Crippen LogP contribution in [0.1, 0.15) is 36.0 Å². The van der Waals surface area contributed by atoms with Gasteiger partial charge in [-0.15, -0.1) is 12.4 Å². The Labute approximate surface area is 158 Å². The summed E-state index contributed by atoms with van der Waals surface area (Å²) in [7, 11) is 4.49. The number of fused-ring (bicyclic) bond motifs is 2. The third kappa shape index (κ3) is 3.71. The number of methoxy groups -OCH3 is 2. The maximum absolute atomic E-state index is 12.9. The van der Waals surface area contributed by atoms with Crippen LogP contribution in [0.25, 0.3) is 0 Å². The highest BCUT2D eigenvalue weighted by atomic mass is 35.5. The lowest BCUT2D eigenvalue weighted by Gasteiger charge is -2.35. The van der Waals surface area contributed by atoms with Crippen LogP contribution in [0, 0.1) is 10.1 Å². The second-order valence-electron chi connectivity index (χ2n) is 6.67. The maximum atomic E-state index is 12.9. The number of halogens is 1. The van der Waals surface area contributed by atoms with Crippen molar-refractivity contribution >= 4 is 24.0 Å². The van der Waals surface area contributed by atoms with E-state index in [1.807, 2.05) is 0 Å². The van der Waals surface area contributed by atoms with Crippen LogP contribution in [0.4, 0.5) is 5.69 Å². The Morgan fingerprint density at radius 2 is 1.85 bits per heavy atom. The first-order valence-corrected chi connectivity index (χ1v) is 8.38. The van der Waals surface area contributed by atoms with Crippen LogP contribution >= 0.6 is 12.4 Å². The molecule has 3 rings (SSSR count). The van der Waals surface area contributed by atoms with Gasteiger partial charge in [-0.25, -0.2) is 0 Å². The molecule has 2 bridgehead atoms. The van der Waals surface area contributed by atoms with Crippen LogP contribution in [0.2, 0.25) is 0 Å². The van der Waals surface area contributed by atoms with E-state index in [1.165, 1.54) is 26.4 Å². The zero-order valence-electron chi connectivity index (χ0n) is 15.1. The summed E-state index contributed by atoms with van der Waals surface area (Å²) < 4.78 is 10.3. The average molecular weight is 386 g/mol. The Kier molecular flexibility index (Phi) is 6.30. The fourth-order valence-electron chi connectivity index (χ4n) is 3.92. The SMILES string of the molecule is COc1cc(C(=O)N(C)C2CC3CCC(C2)N3)cc([N+](=O)[O-])c1OC.Cl. The number of carbonyl (C=O) groups excluding carboxylic acids is 1. The molecule has 2 heterocycles. The molecule has 144 valence electrons. The zero-order valence-corrected chi connectivity index (χ0v) is 15.9. The number of carbonyl (C=O) groups is 1. The summed E-state index contributed by atoms with van der Waals surface area (Å²) in [5.41, 5.74) is -0.0401. The number of nitrogens with one attached hydrogen (secondary N) is 1. The monoisotopic (exact) mass is 385 g/mol. The molecule has 1 aromatic carbocycles. The molecule has 0 radical (unpaired) electrons. The summed E-state index contributed by atoms with van der Waals surface area (Å²) in [5, 5.41) is 14.9. The molecule has 2 unspecified atom stereocenters. The van der Waals surface area contributed by atoms with Gasteiger partial charge in [0.25, 0.3) is 5.91 Å². The van der Waals surface area contributed by atoms with Gasteiger partial charge in [0.15, 0.2) is 5.75 Å². The molecule has 0 saturated carbocycles. The quantitative estimate of drug-likeness (QED) is 0.617. The van der Waals surface area contributed by atoms with Crippen molar-refractivity contribution in [3.05, 3.63) is 27.8 Å². The van der Waals surface area contributed by atoms with E-state index in [4.69, 9.17) is 9.47 Å². The molecular formula is C17H24ClN3O5. The van der Waals surface area contributed by atoms with Crippen molar-refractivity contribution in [3.63, 3.8) is 0 Å². The molecule has 8 nitrogen and oxygen atoms in total. The number of hydrogen-bond acceptors (Lipinski definition) is 6. The van der Waals surface area contributed by atoms with Crippen LogP contribution in [0.5, 0.6) is 11.5 Å². The van der Waals surface area contributed by atoms with Gasteiger partial charge >= 0.3 is 5.69 Å². The number of piperidine rings is 1. The van der Waals surface area contributed by atoms with Gasteiger partial charge in [-0.05, 0) is 31.7 Å². The largest absolute Gasteiger partial charge is 0.493 e. The number of nitro benzene ring substituents is 1. The van der Waals surface area contributed by atoms with Crippen LogP contribution in [-0.4, -0.2) is 55.1 Å². The minimum Gasteiger partial charge on any atom is -0.493 e. The minimum absolute atomic E-state index is 0. The normalized spacial score (nSPS) is 23.7. The van der Waals surface area contributed by atoms with Crippen molar-refractivity contribution in [3.8, 4) is 11.5 Å². The van der Waals surface area contributed by atoms with Crippen LogP contribution in [0.3, 0.4) is 0 Å². The summed E-state index contributed by atoms with van der Waals surface area (Å²) in [6.07, 6.45) is 4.11. The molecule has 2 aliphatic rings. The Morgan fingerprint density at radius 3 is 2.35 bits per heavy atom. The molecule has 2 aliphatic heterocycles. The summed E-state index contributed by atoms with van der Waals surface area (Å²) in [4.78, 5) is 25.4. The molecule has 2 saturated heterocycles. The van der Waals surface area contributed by atoms with Gasteiger partial charge in [0.2, 0.25) is 5.75 Å². The van der Waals surface area contributed by atoms with E-state index in [0.717, 1.165) is 25.7 Å². The van der Waals surface area contributed by atoms with Crippen LogP contribution < -0.4 is 14.8 Å². The number of nitrogens with zero attached hydrogens (tertiary/aromatic N) is 2. The maximum Gasteiger partial charge on any atom is 0.315 e. The zero-order chi connectivity index (χ0) is 18.1. The predicted octanol–water partition coefficient (Wildman–Crippen LogP) is 2.39. The van der Waals surface area contributed by atoms with Crippen molar-refractivity contribution < 1.29 is 19.2 Å². The van der Waals surface area contributed by atoms with Gasteiger partial charge in [-0.2, -0.15) is 0 Å². The highest BCUT2D eigenvalue weighted by Crippen LogP contribution is 2.38. The highest BCUT2D eigenvalue weighted by Gasteiger charge is 2.37. The third-order valence-electron chi connectivity index (χ3n) is 5.22. The van der Waals surface area contributed by atoms with Gasteiger partial charge in [-0.1, -0.05) is 0 Å². The minimum atomic E-state index is -0.567. The summed E-state index contributed by atoms with van der Waals surface area (Å²) in [6, 6.07) is 3.81. The van der Waals surface area contributed by atoms with E-state index in [1.54, 1.807) is 11.9 Å². The van der Waals surface area contributed by atoms with E-state index in [9.17, 15) is 14.9 Å². The lowest BCUT2D eigenvalue weighted by atomic mass is 9.98. The number of rotatable bonds is 5.